The quantitative estimate of drug-likeness (QED) is 0.559. The van der Waals surface area contributed by atoms with Crippen LogP contribution in [0.5, 0.6) is 0 Å². The van der Waals surface area contributed by atoms with Crippen LogP contribution in [0.4, 0.5) is 18.9 Å². The highest BCUT2D eigenvalue weighted by Crippen LogP contribution is 2.21. The van der Waals surface area contributed by atoms with E-state index in [4.69, 9.17) is 0 Å². The van der Waals surface area contributed by atoms with E-state index in [1.165, 1.54) is 42.5 Å². The Morgan fingerprint density at radius 1 is 1.06 bits per heavy atom. The third-order valence-corrected chi connectivity index (χ3v) is 6.81. The topological polar surface area (TPSA) is 125 Å². The van der Waals surface area contributed by atoms with Crippen LogP contribution in [0.1, 0.15) is 26.3 Å². The fraction of sp³-hybridized carbons (Fsp3) is 0.286. The molecular formula is C21H21F3N4O5S. The van der Waals surface area contributed by atoms with E-state index >= 15 is 0 Å². The Labute approximate surface area is 193 Å². The van der Waals surface area contributed by atoms with Crippen LogP contribution in [0.15, 0.2) is 47.4 Å². The number of hydrogen-bond donors (Lipinski definition) is 3. The Kier molecular flexibility index (Phi) is 7.26. The molecule has 0 atom stereocenters. The smallest absolute Gasteiger partial charge is 0.354 e. The first-order valence-corrected chi connectivity index (χ1v) is 11.4. The van der Waals surface area contributed by atoms with E-state index in [1.807, 2.05) is 0 Å². The van der Waals surface area contributed by atoms with Gasteiger partial charge in [0.15, 0.2) is 0 Å². The van der Waals surface area contributed by atoms with Crippen molar-refractivity contribution >= 4 is 33.4 Å². The molecule has 1 aliphatic rings. The predicted octanol–water partition coefficient (Wildman–Crippen LogP) is 1.66. The number of aryl methyl sites for hydroxylation is 1. The minimum absolute atomic E-state index is 0.0721. The first-order valence-electron chi connectivity index (χ1n) is 10.0. The number of halogens is 3. The SMILES string of the molecule is Cc1ccc(C(=O)NCC(F)(F)F)cc1NC(=O)c1ccc(S(=O)(=O)N2CCNC(=O)C2)cc1. The first kappa shape index (κ1) is 25.2. The van der Waals surface area contributed by atoms with Gasteiger partial charge in [0.25, 0.3) is 11.8 Å². The van der Waals surface area contributed by atoms with Gasteiger partial charge in [-0.05, 0) is 48.9 Å². The van der Waals surface area contributed by atoms with Crippen molar-refractivity contribution in [3.05, 3.63) is 59.2 Å². The molecule has 34 heavy (non-hydrogen) atoms. The molecule has 3 N–H and O–H groups in total. The maximum atomic E-state index is 12.7. The number of amides is 3. The number of carbonyl (C=O) groups is 3. The first-order chi connectivity index (χ1) is 15.9. The van der Waals surface area contributed by atoms with Crippen molar-refractivity contribution in [3.63, 3.8) is 0 Å². The molecule has 3 amide bonds. The summed E-state index contributed by atoms with van der Waals surface area (Å²) in [6.07, 6.45) is -4.56. The molecule has 2 aromatic carbocycles. The number of carbonyl (C=O) groups excluding carboxylic acids is 3. The minimum atomic E-state index is -4.56. The van der Waals surface area contributed by atoms with Gasteiger partial charge < -0.3 is 16.0 Å². The fourth-order valence-electron chi connectivity index (χ4n) is 3.12. The Hall–Kier alpha value is -3.45. The van der Waals surface area contributed by atoms with Crippen LogP contribution in [0.2, 0.25) is 0 Å². The molecule has 0 saturated carbocycles. The average Bonchev–Trinajstić information content (AvgIpc) is 2.78. The number of nitrogens with one attached hydrogen (secondary N) is 3. The van der Waals surface area contributed by atoms with E-state index in [1.54, 1.807) is 12.2 Å². The van der Waals surface area contributed by atoms with E-state index in [0.717, 1.165) is 4.31 Å². The lowest BCUT2D eigenvalue weighted by Gasteiger charge is -2.25. The summed E-state index contributed by atoms with van der Waals surface area (Å²) in [6, 6.07) is 9.12. The Morgan fingerprint density at radius 2 is 1.71 bits per heavy atom. The van der Waals surface area contributed by atoms with Gasteiger partial charge in [-0.15, -0.1) is 0 Å². The molecule has 0 unspecified atom stereocenters. The van der Waals surface area contributed by atoms with Gasteiger partial charge in [0, 0.05) is 29.9 Å². The minimum Gasteiger partial charge on any atom is -0.354 e. The van der Waals surface area contributed by atoms with Crippen LogP contribution in [-0.4, -0.2) is 62.8 Å². The van der Waals surface area contributed by atoms with Crippen molar-refractivity contribution in [1.29, 1.82) is 0 Å². The van der Waals surface area contributed by atoms with Gasteiger partial charge in [-0.25, -0.2) is 8.42 Å². The van der Waals surface area contributed by atoms with Gasteiger partial charge >= 0.3 is 6.18 Å². The van der Waals surface area contributed by atoms with E-state index in [0.29, 0.717) is 5.56 Å². The number of benzene rings is 2. The standard InChI is InChI=1S/C21H21F3N4O5S/c1-13-2-3-15(19(30)26-12-21(22,23)24)10-17(13)27-20(31)14-4-6-16(7-5-14)34(32,33)28-9-8-25-18(29)11-28/h2-7,10H,8-9,11-12H2,1H3,(H,25,29)(H,26,30)(H,27,31). The molecule has 0 radical (unpaired) electrons. The summed E-state index contributed by atoms with van der Waals surface area (Å²) >= 11 is 0. The highest BCUT2D eigenvalue weighted by Gasteiger charge is 2.29. The summed E-state index contributed by atoms with van der Waals surface area (Å²) < 4.78 is 63.4. The molecule has 1 fully saturated rings. The lowest BCUT2D eigenvalue weighted by Crippen LogP contribution is -2.49. The third-order valence-electron chi connectivity index (χ3n) is 4.95. The number of hydrogen-bond acceptors (Lipinski definition) is 5. The van der Waals surface area contributed by atoms with Crippen molar-refractivity contribution < 1.29 is 36.0 Å². The molecule has 3 rings (SSSR count). The number of nitrogens with zero attached hydrogens (tertiary/aromatic N) is 1. The molecule has 182 valence electrons. The van der Waals surface area contributed by atoms with Crippen LogP contribution in [0.25, 0.3) is 0 Å². The fourth-order valence-corrected chi connectivity index (χ4v) is 4.52. The molecule has 9 nitrogen and oxygen atoms in total. The van der Waals surface area contributed by atoms with Gasteiger partial charge in [-0.2, -0.15) is 17.5 Å². The molecule has 0 bridgehead atoms. The second kappa shape index (κ2) is 9.81. The number of anilines is 1. The highest BCUT2D eigenvalue weighted by molar-refractivity contribution is 7.89. The molecule has 13 heteroatoms. The van der Waals surface area contributed by atoms with E-state index in [9.17, 15) is 36.0 Å². The predicted molar refractivity (Wildman–Crippen MR) is 116 cm³/mol. The highest BCUT2D eigenvalue weighted by atomic mass is 32.2. The van der Waals surface area contributed by atoms with Crippen molar-refractivity contribution in [2.75, 3.05) is 31.5 Å². The molecular weight excluding hydrogens is 477 g/mol. The second-order valence-electron chi connectivity index (χ2n) is 7.49. The average molecular weight is 498 g/mol. The maximum Gasteiger partial charge on any atom is 0.405 e. The number of rotatable bonds is 6. The zero-order valence-electron chi connectivity index (χ0n) is 17.9. The largest absolute Gasteiger partial charge is 0.405 e. The Morgan fingerprint density at radius 3 is 2.32 bits per heavy atom. The molecule has 0 aliphatic carbocycles. The summed E-state index contributed by atoms with van der Waals surface area (Å²) in [7, 11) is -3.92. The van der Waals surface area contributed by atoms with Crippen LogP contribution < -0.4 is 16.0 Å². The second-order valence-corrected chi connectivity index (χ2v) is 9.43. The number of piperazine rings is 1. The number of alkyl halides is 3. The molecule has 0 spiro atoms. The van der Waals surface area contributed by atoms with Gasteiger partial charge in [0.05, 0.1) is 11.4 Å². The summed E-state index contributed by atoms with van der Waals surface area (Å²) in [4.78, 5) is 36.0. The normalized spacial score (nSPS) is 14.9. The molecule has 1 aliphatic heterocycles. The van der Waals surface area contributed by atoms with E-state index in [2.05, 4.69) is 10.6 Å². The monoisotopic (exact) mass is 498 g/mol. The summed E-state index contributed by atoms with van der Waals surface area (Å²) in [6.45, 7) is 0.181. The van der Waals surface area contributed by atoms with Crippen molar-refractivity contribution in [2.45, 2.75) is 18.0 Å². The van der Waals surface area contributed by atoms with Crippen LogP contribution >= 0.6 is 0 Å². The molecule has 2 aromatic rings. The van der Waals surface area contributed by atoms with E-state index in [-0.39, 0.29) is 41.3 Å². The van der Waals surface area contributed by atoms with Gasteiger partial charge in [0.1, 0.15) is 6.54 Å². The maximum absolute atomic E-state index is 12.7. The molecule has 0 aromatic heterocycles. The Balaban J connectivity index is 1.72. The summed E-state index contributed by atoms with van der Waals surface area (Å²) in [5.74, 6) is -1.97. The van der Waals surface area contributed by atoms with Crippen molar-refractivity contribution in [2.24, 2.45) is 0 Å². The van der Waals surface area contributed by atoms with Gasteiger partial charge in [-0.1, -0.05) is 6.07 Å². The van der Waals surface area contributed by atoms with Gasteiger partial charge in [0.2, 0.25) is 15.9 Å². The van der Waals surface area contributed by atoms with Crippen molar-refractivity contribution in [1.82, 2.24) is 14.9 Å². The van der Waals surface area contributed by atoms with Crippen LogP contribution in [-0.2, 0) is 14.8 Å². The molecule has 1 heterocycles. The van der Waals surface area contributed by atoms with Crippen LogP contribution in [0.3, 0.4) is 0 Å². The van der Waals surface area contributed by atoms with Crippen LogP contribution in [0, 0.1) is 6.92 Å². The summed E-state index contributed by atoms with van der Waals surface area (Å²) in [5, 5.41) is 6.86. The lowest BCUT2D eigenvalue weighted by atomic mass is 10.1. The molecule has 1 saturated heterocycles. The summed E-state index contributed by atoms with van der Waals surface area (Å²) in [5.41, 5.74) is 0.808. The Bertz CT molecular complexity index is 1210. The zero-order chi connectivity index (χ0) is 25.1. The van der Waals surface area contributed by atoms with Gasteiger partial charge in [-0.3, -0.25) is 14.4 Å². The zero-order valence-corrected chi connectivity index (χ0v) is 18.7. The third kappa shape index (κ3) is 6.11. The lowest BCUT2D eigenvalue weighted by molar-refractivity contribution is -0.123. The number of sulfonamides is 1. The van der Waals surface area contributed by atoms with E-state index < -0.39 is 40.5 Å². The van der Waals surface area contributed by atoms with Crippen molar-refractivity contribution in [3.8, 4) is 0 Å².